The fourth-order valence-electron chi connectivity index (χ4n) is 3.72. The van der Waals surface area contributed by atoms with Crippen LogP contribution in [0.1, 0.15) is 24.0 Å². The zero-order valence-corrected chi connectivity index (χ0v) is 14.3. The van der Waals surface area contributed by atoms with Crippen LogP contribution in [0.15, 0.2) is 51.7 Å². The minimum Gasteiger partial charge on any atom is -0.507 e. The molecule has 25 heavy (non-hydrogen) atoms. The molecule has 2 aromatic carbocycles. The Bertz CT molecular complexity index is 970. The fraction of sp³-hybridized carbons (Fsp3) is 0.286. The number of fused-ring (bicyclic) bond motifs is 1. The Kier molecular flexibility index (Phi) is 4.06. The second-order valence-corrected chi connectivity index (χ2v) is 6.68. The van der Waals surface area contributed by atoms with E-state index in [0.717, 1.165) is 29.6 Å². The molecule has 0 amide bonds. The maximum atomic E-state index is 12.7. The average molecular weight is 335 g/mol. The van der Waals surface area contributed by atoms with Crippen molar-refractivity contribution in [1.29, 1.82) is 0 Å². The van der Waals surface area contributed by atoms with Crippen LogP contribution in [-0.2, 0) is 6.54 Å². The average Bonchev–Trinajstić information content (AvgIpc) is 3.12. The number of nitrogens with zero attached hydrogens (tertiary/aromatic N) is 1. The largest absolute Gasteiger partial charge is 0.507 e. The first-order chi connectivity index (χ1) is 12.1. The number of aromatic hydroxyl groups is 1. The van der Waals surface area contributed by atoms with Crippen LogP contribution in [-0.4, -0.2) is 23.1 Å². The molecular formula is C21H21NO3. The molecule has 1 aromatic heterocycles. The molecule has 1 aliphatic rings. The molecule has 0 bridgehead atoms. The molecule has 2 heterocycles. The van der Waals surface area contributed by atoms with Crippen LogP contribution in [0.3, 0.4) is 0 Å². The van der Waals surface area contributed by atoms with E-state index >= 15 is 0 Å². The first-order valence-electron chi connectivity index (χ1n) is 8.71. The number of phenols is 1. The molecule has 128 valence electrons. The molecule has 4 nitrogen and oxygen atoms in total. The van der Waals surface area contributed by atoms with E-state index in [1.54, 1.807) is 6.07 Å². The van der Waals surface area contributed by atoms with Crippen LogP contribution in [0.25, 0.3) is 22.1 Å². The summed E-state index contributed by atoms with van der Waals surface area (Å²) < 4.78 is 5.71. The summed E-state index contributed by atoms with van der Waals surface area (Å²) in [5.74, 6) is 0.189. The van der Waals surface area contributed by atoms with Crippen molar-refractivity contribution < 1.29 is 9.52 Å². The molecule has 0 unspecified atom stereocenters. The smallest absolute Gasteiger partial charge is 0.344 e. The first kappa shape index (κ1) is 15.9. The zero-order chi connectivity index (χ0) is 17.4. The third-order valence-corrected chi connectivity index (χ3v) is 5.06. The standard InChI is InChI=1S/C21H21NO3/c1-14-16-9-10-18(23)17(13-22-11-5-6-12-22)20(16)25-21(24)19(14)15-7-3-2-4-8-15/h2-4,7-10,23H,5-6,11-13H2,1H3. The van der Waals surface area contributed by atoms with E-state index < -0.39 is 0 Å². The van der Waals surface area contributed by atoms with Crippen LogP contribution < -0.4 is 5.63 Å². The number of hydrogen-bond donors (Lipinski definition) is 1. The van der Waals surface area contributed by atoms with Gasteiger partial charge in [0.25, 0.3) is 0 Å². The summed E-state index contributed by atoms with van der Waals surface area (Å²) in [6.07, 6.45) is 2.35. The quantitative estimate of drug-likeness (QED) is 0.733. The minimum atomic E-state index is -0.357. The summed E-state index contributed by atoms with van der Waals surface area (Å²) in [5, 5.41) is 11.2. The van der Waals surface area contributed by atoms with Crippen molar-refractivity contribution in [3.05, 3.63) is 64.0 Å². The maximum Gasteiger partial charge on any atom is 0.344 e. The Morgan fingerprint density at radius 3 is 2.52 bits per heavy atom. The van der Waals surface area contributed by atoms with Crippen molar-refractivity contribution in [3.8, 4) is 16.9 Å². The van der Waals surface area contributed by atoms with Gasteiger partial charge in [-0.05, 0) is 56.1 Å². The topological polar surface area (TPSA) is 53.7 Å². The predicted molar refractivity (Wildman–Crippen MR) is 98.8 cm³/mol. The monoisotopic (exact) mass is 335 g/mol. The zero-order valence-electron chi connectivity index (χ0n) is 14.3. The molecule has 0 spiro atoms. The normalized spacial score (nSPS) is 15.1. The molecule has 4 rings (SSSR count). The summed E-state index contributed by atoms with van der Waals surface area (Å²) in [5.41, 5.74) is 3.19. The van der Waals surface area contributed by atoms with Crippen molar-refractivity contribution in [2.45, 2.75) is 26.3 Å². The third kappa shape index (κ3) is 2.83. The second kappa shape index (κ2) is 6.37. The third-order valence-electron chi connectivity index (χ3n) is 5.06. The molecule has 1 aliphatic heterocycles. The van der Waals surface area contributed by atoms with Gasteiger partial charge in [0, 0.05) is 11.9 Å². The van der Waals surface area contributed by atoms with E-state index in [4.69, 9.17) is 4.42 Å². The number of benzene rings is 2. The summed E-state index contributed by atoms with van der Waals surface area (Å²) in [4.78, 5) is 15.0. The van der Waals surface area contributed by atoms with Crippen molar-refractivity contribution in [2.75, 3.05) is 13.1 Å². The lowest BCUT2D eigenvalue weighted by molar-refractivity contribution is 0.323. The summed E-state index contributed by atoms with van der Waals surface area (Å²) >= 11 is 0. The van der Waals surface area contributed by atoms with Crippen molar-refractivity contribution in [1.82, 2.24) is 4.90 Å². The van der Waals surface area contributed by atoms with Crippen LogP contribution in [0.5, 0.6) is 5.75 Å². The molecule has 1 N–H and O–H groups in total. The highest BCUT2D eigenvalue weighted by molar-refractivity contribution is 5.89. The molecule has 3 aromatic rings. The molecule has 0 aliphatic carbocycles. The summed E-state index contributed by atoms with van der Waals surface area (Å²) in [6, 6.07) is 13.1. The number of aryl methyl sites for hydroxylation is 1. The predicted octanol–water partition coefficient (Wildman–Crippen LogP) is 4.07. The molecule has 1 saturated heterocycles. The van der Waals surface area contributed by atoms with E-state index in [9.17, 15) is 9.90 Å². The number of rotatable bonds is 3. The van der Waals surface area contributed by atoms with Crippen LogP contribution in [0.4, 0.5) is 0 Å². The highest BCUT2D eigenvalue weighted by Gasteiger charge is 2.20. The van der Waals surface area contributed by atoms with E-state index in [-0.39, 0.29) is 11.4 Å². The van der Waals surface area contributed by atoms with Gasteiger partial charge >= 0.3 is 5.63 Å². The Balaban J connectivity index is 1.91. The molecule has 1 fully saturated rings. The highest BCUT2D eigenvalue weighted by atomic mass is 16.4. The summed E-state index contributed by atoms with van der Waals surface area (Å²) in [7, 11) is 0. The van der Waals surface area contributed by atoms with Crippen molar-refractivity contribution >= 4 is 11.0 Å². The van der Waals surface area contributed by atoms with Gasteiger partial charge in [-0.25, -0.2) is 4.79 Å². The SMILES string of the molecule is Cc1c(-c2ccccc2)c(=O)oc2c(CN3CCCC3)c(O)ccc12. The fourth-order valence-corrected chi connectivity index (χ4v) is 3.72. The van der Waals surface area contributed by atoms with Crippen molar-refractivity contribution in [3.63, 3.8) is 0 Å². The molecule has 0 atom stereocenters. The number of phenolic OH excluding ortho intramolecular Hbond substituents is 1. The Morgan fingerprint density at radius 2 is 1.80 bits per heavy atom. The molecule has 0 radical (unpaired) electrons. The lowest BCUT2D eigenvalue weighted by Gasteiger charge is -2.17. The van der Waals surface area contributed by atoms with Gasteiger partial charge < -0.3 is 9.52 Å². The van der Waals surface area contributed by atoms with Gasteiger partial charge in [-0.3, -0.25) is 4.90 Å². The van der Waals surface area contributed by atoms with E-state index in [1.165, 1.54) is 12.8 Å². The van der Waals surface area contributed by atoms with Crippen LogP contribution >= 0.6 is 0 Å². The van der Waals surface area contributed by atoms with Crippen LogP contribution in [0, 0.1) is 6.92 Å². The Morgan fingerprint density at radius 1 is 1.08 bits per heavy atom. The van der Waals surface area contributed by atoms with Crippen molar-refractivity contribution in [2.24, 2.45) is 0 Å². The summed E-state index contributed by atoms with van der Waals surface area (Å²) in [6.45, 7) is 4.58. The molecule has 0 saturated carbocycles. The van der Waals surface area contributed by atoms with Crippen LogP contribution in [0.2, 0.25) is 0 Å². The number of likely N-dealkylation sites (tertiary alicyclic amines) is 1. The van der Waals surface area contributed by atoms with Gasteiger partial charge in [0.2, 0.25) is 0 Å². The first-order valence-corrected chi connectivity index (χ1v) is 8.71. The van der Waals surface area contributed by atoms with E-state index in [1.807, 2.05) is 43.3 Å². The molecular weight excluding hydrogens is 314 g/mol. The Hall–Kier alpha value is -2.59. The molecule has 4 heteroatoms. The van der Waals surface area contributed by atoms with E-state index in [2.05, 4.69) is 4.90 Å². The minimum absolute atomic E-state index is 0.189. The van der Waals surface area contributed by atoms with Gasteiger partial charge in [0.15, 0.2) is 0 Å². The Labute approximate surface area is 146 Å². The lowest BCUT2D eigenvalue weighted by Crippen LogP contribution is -2.19. The van der Waals surface area contributed by atoms with Gasteiger partial charge in [0.1, 0.15) is 11.3 Å². The second-order valence-electron chi connectivity index (χ2n) is 6.68. The lowest BCUT2D eigenvalue weighted by atomic mass is 9.98. The van der Waals surface area contributed by atoms with Gasteiger partial charge in [-0.1, -0.05) is 30.3 Å². The van der Waals surface area contributed by atoms with Gasteiger partial charge in [0.05, 0.1) is 11.1 Å². The van der Waals surface area contributed by atoms with Gasteiger partial charge in [-0.15, -0.1) is 0 Å². The highest BCUT2D eigenvalue weighted by Crippen LogP contribution is 2.33. The van der Waals surface area contributed by atoms with Gasteiger partial charge in [-0.2, -0.15) is 0 Å². The van der Waals surface area contributed by atoms with E-state index in [0.29, 0.717) is 23.3 Å². The maximum absolute atomic E-state index is 12.7. The number of hydrogen-bond acceptors (Lipinski definition) is 4.